The van der Waals surface area contributed by atoms with E-state index >= 15 is 0 Å². The Kier molecular flexibility index (Phi) is 4.79. The number of aryl methyl sites for hydroxylation is 1. The largest absolute Gasteiger partial charge is 0.326 e. The lowest BCUT2D eigenvalue weighted by atomic mass is 10.2. The second kappa shape index (κ2) is 7.17. The van der Waals surface area contributed by atoms with Crippen LogP contribution in [0.5, 0.6) is 0 Å². The highest BCUT2D eigenvalue weighted by Gasteiger charge is 2.18. The lowest BCUT2D eigenvalue weighted by molar-refractivity contribution is -0.114. The third-order valence-corrected chi connectivity index (χ3v) is 3.74. The summed E-state index contributed by atoms with van der Waals surface area (Å²) in [5.74, 6) is -0.377. The second-order valence-corrected chi connectivity index (χ2v) is 5.80. The van der Waals surface area contributed by atoms with Gasteiger partial charge in [-0.1, -0.05) is 25.5 Å². The first-order valence-electron chi connectivity index (χ1n) is 8.23. The number of rotatable bonds is 5. The maximum absolute atomic E-state index is 12.9. The second-order valence-electron chi connectivity index (χ2n) is 5.80. The highest BCUT2D eigenvalue weighted by Crippen LogP contribution is 2.19. The molecule has 0 radical (unpaired) electrons. The lowest BCUT2D eigenvalue weighted by Gasteiger charge is -2.09. The zero-order valence-corrected chi connectivity index (χ0v) is 14.2. The Hall–Kier alpha value is -3.15. The number of amides is 2. The summed E-state index contributed by atoms with van der Waals surface area (Å²) >= 11 is 0. The van der Waals surface area contributed by atoms with E-state index in [-0.39, 0.29) is 11.8 Å². The molecule has 6 nitrogen and oxygen atoms in total. The molecule has 128 valence electrons. The first-order chi connectivity index (χ1) is 12.1. The van der Waals surface area contributed by atoms with Crippen LogP contribution in [0.4, 0.5) is 11.4 Å². The Morgan fingerprint density at radius 2 is 1.84 bits per heavy atom. The summed E-state index contributed by atoms with van der Waals surface area (Å²) in [6.07, 6.45) is 3.47. The lowest BCUT2D eigenvalue weighted by Crippen LogP contribution is -2.16. The minimum Gasteiger partial charge on any atom is -0.326 e. The van der Waals surface area contributed by atoms with Crippen LogP contribution in [-0.2, 0) is 11.2 Å². The van der Waals surface area contributed by atoms with Gasteiger partial charge in [0.15, 0.2) is 0 Å². The van der Waals surface area contributed by atoms with Gasteiger partial charge in [-0.2, -0.15) is 0 Å². The SMILES string of the molecule is CCCc1nc2ccccn2c1C(=O)Nc1cccc(NC(C)=O)c1. The molecule has 0 fully saturated rings. The van der Waals surface area contributed by atoms with E-state index in [1.54, 1.807) is 28.7 Å². The maximum atomic E-state index is 12.9. The maximum Gasteiger partial charge on any atom is 0.274 e. The van der Waals surface area contributed by atoms with Crippen LogP contribution in [0.25, 0.3) is 5.65 Å². The average Bonchev–Trinajstić information content (AvgIpc) is 2.93. The highest BCUT2D eigenvalue weighted by molar-refractivity contribution is 6.05. The summed E-state index contributed by atoms with van der Waals surface area (Å²) < 4.78 is 1.80. The van der Waals surface area contributed by atoms with Crippen LogP contribution in [0.15, 0.2) is 48.7 Å². The van der Waals surface area contributed by atoms with Crippen LogP contribution >= 0.6 is 0 Å². The predicted molar refractivity (Wildman–Crippen MR) is 97.9 cm³/mol. The molecule has 0 aliphatic rings. The van der Waals surface area contributed by atoms with Crippen LogP contribution in [0.3, 0.4) is 0 Å². The van der Waals surface area contributed by atoms with Crippen LogP contribution in [0.2, 0.25) is 0 Å². The monoisotopic (exact) mass is 336 g/mol. The van der Waals surface area contributed by atoms with Gasteiger partial charge in [0, 0.05) is 24.5 Å². The van der Waals surface area contributed by atoms with Crippen molar-refractivity contribution >= 4 is 28.8 Å². The number of hydrogen-bond donors (Lipinski definition) is 2. The average molecular weight is 336 g/mol. The van der Waals surface area contributed by atoms with E-state index in [9.17, 15) is 9.59 Å². The van der Waals surface area contributed by atoms with Crippen LogP contribution < -0.4 is 10.6 Å². The summed E-state index contributed by atoms with van der Waals surface area (Å²) in [5.41, 5.74) is 3.33. The molecule has 0 spiro atoms. The number of aromatic nitrogens is 2. The molecule has 2 heterocycles. The minimum atomic E-state index is -0.220. The van der Waals surface area contributed by atoms with Gasteiger partial charge in [-0.05, 0) is 36.8 Å². The zero-order valence-electron chi connectivity index (χ0n) is 14.2. The number of carbonyl (C=O) groups is 2. The smallest absolute Gasteiger partial charge is 0.274 e. The predicted octanol–water partition coefficient (Wildman–Crippen LogP) is 3.50. The molecule has 0 aliphatic carbocycles. The van der Waals surface area contributed by atoms with Gasteiger partial charge in [0.1, 0.15) is 11.3 Å². The van der Waals surface area contributed by atoms with Crippen molar-refractivity contribution in [2.75, 3.05) is 10.6 Å². The normalized spacial score (nSPS) is 10.6. The number of anilines is 2. The Bertz CT molecular complexity index is 930. The number of benzene rings is 1. The van der Waals surface area contributed by atoms with Crippen molar-refractivity contribution in [2.24, 2.45) is 0 Å². The molecular formula is C19H20N4O2. The number of hydrogen-bond acceptors (Lipinski definition) is 3. The zero-order chi connectivity index (χ0) is 17.8. The van der Waals surface area contributed by atoms with Crippen LogP contribution in [0.1, 0.15) is 36.5 Å². The fourth-order valence-electron chi connectivity index (χ4n) is 2.76. The van der Waals surface area contributed by atoms with E-state index in [2.05, 4.69) is 22.5 Å². The van der Waals surface area contributed by atoms with Crippen molar-refractivity contribution in [1.82, 2.24) is 9.38 Å². The first kappa shape index (κ1) is 16.7. The van der Waals surface area contributed by atoms with Gasteiger partial charge >= 0.3 is 0 Å². The molecule has 0 saturated heterocycles. The highest BCUT2D eigenvalue weighted by atomic mass is 16.2. The number of fused-ring (bicyclic) bond motifs is 1. The van der Waals surface area contributed by atoms with Crippen LogP contribution in [0, 0.1) is 0 Å². The van der Waals surface area contributed by atoms with Crippen molar-refractivity contribution in [2.45, 2.75) is 26.7 Å². The van der Waals surface area contributed by atoms with Gasteiger partial charge in [-0.25, -0.2) is 4.98 Å². The van der Waals surface area contributed by atoms with E-state index in [1.165, 1.54) is 6.92 Å². The van der Waals surface area contributed by atoms with Crippen LogP contribution in [-0.4, -0.2) is 21.2 Å². The molecule has 3 rings (SSSR count). The molecule has 2 N–H and O–H groups in total. The molecule has 2 aromatic heterocycles. The van der Waals surface area contributed by atoms with Gasteiger partial charge in [-0.15, -0.1) is 0 Å². The standard InChI is InChI=1S/C19H20N4O2/c1-3-7-16-18(23-11-5-4-10-17(23)22-16)19(25)21-15-9-6-8-14(12-15)20-13(2)24/h4-6,8-12H,3,7H2,1-2H3,(H,20,24)(H,21,25). The van der Waals surface area contributed by atoms with Gasteiger partial charge in [0.2, 0.25) is 5.91 Å². The molecule has 1 aromatic carbocycles. The molecular weight excluding hydrogens is 316 g/mol. The number of pyridine rings is 1. The topological polar surface area (TPSA) is 75.5 Å². The third-order valence-electron chi connectivity index (χ3n) is 3.74. The van der Waals surface area contributed by atoms with Crippen molar-refractivity contribution in [3.63, 3.8) is 0 Å². The van der Waals surface area contributed by atoms with Gasteiger partial charge in [-0.3, -0.25) is 14.0 Å². The summed E-state index contributed by atoms with van der Waals surface area (Å²) in [7, 11) is 0. The van der Waals surface area contributed by atoms with E-state index in [1.807, 2.05) is 24.4 Å². The number of carbonyl (C=O) groups excluding carboxylic acids is 2. The quantitative estimate of drug-likeness (QED) is 0.749. The van der Waals surface area contributed by atoms with Crippen molar-refractivity contribution in [3.05, 3.63) is 60.0 Å². The van der Waals surface area contributed by atoms with Gasteiger partial charge in [0.25, 0.3) is 5.91 Å². The number of nitrogens with zero attached hydrogens (tertiary/aromatic N) is 2. The molecule has 25 heavy (non-hydrogen) atoms. The van der Waals surface area contributed by atoms with E-state index in [0.717, 1.165) is 24.2 Å². The first-order valence-corrected chi connectivity index (χ1v) is 8.23. The number of nitrogens with one attached hydrogen (secondary N) is 2. The molecule has 0 bridgehead atoms. The van der Waals surface area contributed by atoms with Gasteiger partial charge in [0.05, 0.1) is 5.69 Å². The Morgan fingerprint density at radius 3 is 2.56 bits per heavy atom. The summed E-state index contributed by atoms with van der Waals surface area (Å²) in [4.78, 5) is 28.6. The van der Waals surface area contributed by atoms with E-state index < -0.39 is 0 Å². The van der Waals surface area contributed by atoms with E-state index in [4.69, 9.17) is 0 Å². The Morgan fingerprint density at radius 1 is 1.08 bits per heavy atom. The molecule has 0 aliphatic heterocycles. The van der Waals surface area contributed by atoms with Gasteiger partial charge < -0.3 is 10.6 Å². The fourth-order valence-corrected chi connectivity index (χ4v) is 2.76. The molecule has 2 amide bonds. The van der Waals surface area contributed by atoms with Crippen molar-refractivity contribution in [1.29, 1.82) is 0 Å². The fraction of sp³-hybridized carbons (Fsp3) is 0.211. The molecule has 0 atom stereocenters. The molecule has 6 heteroatoms. The van der Waals surface area contributed by atoms with Crippen molar-refractivity contribution in [3.8, 4) is 0 Å². The Balaban J connectivity index is 1.92. The van der Waals surface area contributed by atoms with E-state index in [0.29, 0.717) is 17.1 Å². The number of imidazole rings is 1. The third kappa shape index (κ3) is 3.68. The van der Waals surface area contributed by atoms with Crippen molar-refractivity contribution < 1.29 is 9.59 Å². The summed E-state index contributed by atoms with van der Waals surface area (Å²) in [6.45, 7) is 3.50. The molecule has 0 saturated carbocycles. The molecule has 0 unspecified atom stereocenters. The summed E-state index contributed by atoms with van der Waals surface area (Å²) in [6, 6.07) is 12.7. The Labute approximate surface area is 145 Å². The minimum absolute atomic E-state index is 0.157. The molecule has 3 aromatic rings. The summed E-state index contributed by atoms with van der Waals surface area (Å²) in [5, 5.41) is 5.60.